The molecule has 0 aliphatic carbocycles. The van der Waals surface area contributed by atoms with Gasteiger partial charge in [0.05, 0.1) is 12.7 Å². The van der Waals surface area contributed by atoms with Crippen molar-refractivity contribution in [2.24, 2.45) is 4.99 Å². The van der Waals surface area contributed by atoms with Gasteiger partial charge in [-0.3, -0.25) is 4.99 Å². The number of rotatable bonds is 10. The smallest absolute Gasteiger partial charge is 0.191 e. The number of nitrogens with zero attached hydrogens (tertiary/aromatic N) is 1. The summed E-state index contributed by atoms with van der Waals surface area (Å²) >= 11 is 0. The Morgan fingerprint density at radius 3 is 2.33 bits per heavy atom. The first-order valence-corrected chi connectivity index (χ1v) is 9.93. The molecular formula is C23H34IN3O3. The first-order valence-electron chi connectivity index (χ1n) is 9.93. The van der Waals surface area contributed by atoms with E-state index in [0.29, 0.717) is 26.3 Å². The second-order valence-electron chi connectivity index (χ2n) is 7.04. The van der Waals surface area contributed by atoms with Crippen LogP contribution < -0.4 is 20.1 Å². The number of aliphatic imine (C=N–C) groups is 1. The Bertz CT molecular complexity index is 780. The number of nitrogens with one attached hydrogen (secondary N) is 2. The first kappa shape index (κ1) is 26.0. The van der Waals surface area contributed by atoms with E-state index in [2.05, 4.69) is 46.8 Å². The maximum absolute atomic E-state index is 5.86. The van der Waals surface area contributed by atoms with Crippen LogP contribution in [0.2, 0.25) is 0 Å². The third-order valence-corrected chi connectivity index (χ3v) is 4.19. The van der Waals surface area contributed by atoms with E-state index >= 15 is 0 Å². The normalized spacial score (nSPS) is 11.1. The minimum Gasteiger partial charge on any atom is -0.491 e. The minimum absolute atomic E-state index is 0. The van der Waals surface area contributed by atoms with Crippen LogP contribution in [0.1, 0.15) is 30.5 Å². The molecule has 6 nitrogen and oxygen atoms in total. The van der Waals surface area contributed by atoms with Crippen LogP contribution in [0, 0.1) is 6.92 Å². The van der Waals surface area contributed by atoms with Crippen LogP contribution in [-0.2, 0) is 17.8 Å². The van der Waals surface area contributed by atoms with E-state index in [1.807, 2.05) is 32.0 Å². The van der Waals surface area contributed by atoms with Crippen molar-refractivity contribution in [3.63, 3.8) is 0 Å². The fourth-order valence-corrected chi connectivity index (χ4v) is 2.72. The molecule has 30 heavy (non-hydrogen) atoms. The van der Waals surface area contributed by atoms with E-state index in [-0.39, 0.29) is 30.1 Å². The van der Waals surface area contributed by atoms with Gasteiger partial charge in [0.1, 0.15) is 18.1 Å². The highest BCUT2D eigenvalue weighted by Gasteiger charge is 2.06. The molecular weight excluding hydrogens is 493 g/mol. The predicted molar refractivity (Wildman–Crippen MR) is 133 cm³/mol. The average Bonchev–Trinajstić information content (AvgIpc) is 2.70. The number of benzene rings is 2. The highest BCUT2D eigenvalue weighted by Crippen LogP contribution is 2.20. The molecule has 2 aromatic rings. The molecule has 0 aromatic heterocycles. The molecule has 0 radical (unpaired) electrons. The Morgan fingerprint density at radius 2 is 1.70 bits per heavy atom. The molecule has 0 aliphatic rings. The Morgan fingerprint density at radius 1 is 1.00 bits per heavy atom. The minimum atomic E-state index is 0. The van der Waals surface area contributed by atoms with Gasteiger partial charge in [0.25, 0.3) is 0 Å². The van der Waals surface area contributed by atoms with Crippen molar-refractivity contribution in [2.45, 2.75) is 40.0 Å². The van der Waals surface area contributed by atoms with Gasteiger partial charge in [-0.15, -0.1) is 24.0 Å². The van der Waals surface area contributed by atoms with E-state index in [9.17, 15) is 0 Å². The van der Waals surface area contributed by atoms with Gasteiger partial charge in [0, 0.05) is 32.8 Å². The van der Waals surface area contributed by atoms with Gasteiger partial charge in [0.15, 0.2) is 5.96 Å². The molecule has 0 spiro atoms. The van der Waals surface area contributed by atoms with Crippen LogP contribution in [0.5, 0.6) is 11.5 Å². The van der Waals surface area contributed by atoms with E-state index in [1.54, 1.807) is 14.2 Å². The number of hydrogen-bond acceptors (Lipinski definition) is 4. The molecule has 0 fully saturated rings. The first-order chi connectivity index (χ1) is 14.0. The highest BCUT2D eigenvalue weighted by molar-refractivity contribution is 14.0. The van der Waals surface area contributed by atoms with Crippen molar-refractivity contribution >= 4 is 29.9 Å². The summed E-state index contributed by atoms with van der Waals surface area (Å²) in [4.78, 5) is 4.31. The summed E-state index contributed by atoms with van der Waals surface area (Å²) in [7, 11) is 3.43. The number of methoxy groups -OCH3 is 1. The molecule has 7 heteroatoms. The van der Waals surface area contributed by atoms with Gasteiger partial charge in [-0.2, -0.15) is 0 Å². The van der Waals surface area contributed by atoms with Gasteiger partial charge in [-0.25, -0.2) is 0 Å². The third kappa shape index (κ3) is 9.21. The standard InChI is InChI=1S/C23H33N3O3.HI/c1-17(2)29-21-10-7-19(8-11-21)15-25-23(24-4)26-16-20-9-6-18(3)14-22(20)28-13-12-27-5;/h6-11,14,17H,12-13,15-16H2,1-5H3,(H2,24,25,26);1H. The van der Waals surface area contributed by atoms with Crippen molar-refractivity contribution in [3.05, 3.63) is 59.2 Å². The lowest BCUT2D eigenvalue weighted by molar-refractivity contribution is 0.145. The van der Waals surface area contributed by atoms with Gasteiger partial charge in [0.2, 0.25) is 0 Å². The number of halogens is 1. The molecule has 2 N–H and O–H groups in total. The second kappa shape index (κ2) is 14.1. The Labute approximate surface area is 197 Å². The van der Waals surface area contributed by atoms with Gasteiger partial charge < -0.3 is 24.8 Å². The zero-order chi connectivity index (χ0) is 21.1. The molecule has 0 atom stereocenters. The lowest BCUT2D eigenvalue weighted by Crippen LogP contribution is -2.36. The summed E-state index contributed by atoms with van der Waals surface area (Å²) in [6.45, 7) is 8.47. The summed E-state index contributed by atoms with van der Waals surface area (Å²) in [6.07, 6.45) is 0.173. The van der Waals surface area contributed by atoms with Crippen LogP contribution >= 0.6 is 24.0 Å². The molecule has 0 heterocycles. The van der Waals surface area contributed by atoms with Crippen LogP contribution in [0.4, 0.5) is 0 Å². The van der Waals surface area contributed by atoms with E-state index in [0.717, 1.165) is 34.1 Å². The molecule has 0 saturated heterocycles. The van der Waals surface area contributed by atoms with E-state index in [4.69, 9.17) is 14.2 Å². The van der Waals surface area contributed by atoms with Crippen molar-refractivity contribution in [1.82, 2.24) is 10.6 Å². The Kier molecular flexibility index (Phi) is 12.2. The quantitative estimate of drug-likeness (QED) is 0.209. The summed E-state index contributed by atoms with van der Waals surface area (Å²) in [5.74, 6) is 2.48. The van der Waals surface area contributed by atoms with Crippen LogP contribution in [0.3, 0.4) is 0 Å². The maximum atomic E-state index is 5.86. The van der Waals surface area contributed by atoms with Crippen LogP contribution in [0.15, 0.2) is 47.5 Å². The zero-order valence-corrected chi connectivity index (χ0v) is 20.9. The molecule has 0 amide bonds. The average molecular weight is 527 g/mol. The lowest BCUT2D eigenvalue weighted by atomic mass is 10.1. The van der Waals surface area contributed by atoms with Crippen LogP contribution in [-0.4, -0.2) is 39.4 Å². The molecule has 0 unspecified atom stereocenters. The SMILES string of the molecule is CN=C(NCc1ccc(OC(C)C)cc1)NCc1ccc(C)cc1OCCOC.I. The number of aryl methyl sites for hydroxylation is 1. The fourth-order valence-electron chi connectivity index (χ4n) is 2.72. The lowest BCUT2D eigenvalue weighted by Gasteiger charge is -2.16. The van der Waals surface area contributed by atoms with Crippen molar-refractivity contribution in [1.29, 1.82) is 0 Å². The number of ether oxygens (including phenoxy) is 3. The molecule has 2 aromatic carbocycles. The molecule has 166 valence electrons. The zero-order valence-electron chi connectivity index (χ0n) is 18.5. The van der Waals surface area contributed by atoms with Crippen molar-refractivity contribution in [2.75, 3.05) is 27.4 Å². The Hall–Kier alpha value is -2.00. The third-order valence-electron chi connectivity index (χ3n) is 4.19. The topological polar surface area (TPSA) is 64.1 Å². The molecule has 0 bridgehead atoms. The number of guanidine groups is 1. The largest absolute Gasteiger partial charge is 0.491 e. The summed E-state index contributed by atoms with van der Waals surface area (Å²) in [6, 6.07) is 14.3. The van der Waals surface area contributed by atoms with Gasteiger partial charge in [-0.05, 0) is 50.1 Å². The molecule has 0 saturated carbocycles. The Balaban J connectivity index is 0.00000450. The van der Waals surface area contributed by atoms with E-state index in [1.165, 1.54) is 0 Å². The number of hydrogen-bond donors (Lipinski definition) is 2. The van der Waals surface area contributed by atoms with Crippen LogP contribution in [0.25, 0.3) is 0 Å². The van der Waals surface area contributed by atoms with Gasteiger partial charge >= 0.3 is 0 Å². The second-order valence-corrected chi connectivity index (χ2v) is 7.04. The van der Waals surface area contributed by atoms with Crippen molar-refractivity contribution < 1.29 is 14.2 Å². The fraction of sp³-hybridized carbons (Fsp3) is 0.435. The summed E-state index contributed by atoms with van der Waals surface area (Å²) in [5, 5.41) is 6.68. The predicted octanol–water partition coefficient (Wildman–Crippen LogP) is 4.29. The highest BCUT2D eigenvalue weighted by atomic mass is 127. The maximum Gasteiger partial charge on any atom is 0.191 e. The molecule has 0 aliphatic heterocycles. The molecule has 2 rings (SSSR count). The van der Waals surface area contributed by atoms with Gasteiger partial charge in [-0.1, -0.05) is 24.3 Å². The van der Waals surface area contributed by atoms with E-state index < -0.39 is 0 Å². The monoisotopic (exact) mass is 527 g/mol. The summed E-state index contributed by atoms with van der Waals surface area (Å²) < 4.78 is 16.6. The summed E-state index contributed by atoms with van der Waals surface area (Å²) in [5.41, 5.74) is 3.39. The van der Waals surface area contributed by atoms with Crippen molar-refractivity contribution in [3.8, 4) is 11.5 Å².